The van der Waals surface area contributed by atoms with Crippen molar-refractivity contribution >= 4 is 29.3 Å². The first-order valence-corrected chi connectivity index (χ1v) is 9.00. The summed E-state index contributed by atoms with van der Waals surface area (Å²) in [7, 11) is 1.53. The van der Waals surface area contributed by atoms with Gasteiger partial charge in [0.05, 0.1) is 7.11 Å². The maximum atomic E-state index is 12.5. The Morgan fingerprint density at radius 1 is 0.857 bits per heavy atom. The number of carbonyl (C=O) groups is 3. The Morgan fingerprint density at radius 2 is 1.39 bits per heavy atom. The van der Waals surface area contributed by atoms with Gasteiger partial charge in [0.2, 0.25) is 0 Å². The zero-order valence-corrected chi connectivity index (χ0v) is 16.5. The topological polar surface area (TPSA) is 96.5 Å². The maximum absolute atomic E-state index is 12.5. The lowest BCUT2D eigenvalue weighted by molar-refractivity contribution is -0.124. The van der Waals surface area contributed by atoms with Crippen LogP contribution in [-0.4, -0.2) is 30.9 Å². The lowest BCUT2D eigenvalue weighted by atomic mass is 10.0. The summed E-state index contributed by atoms with van der Waals surface area (Å²) >= 11 is 5.79. The quantitative estimate of drug-likeness (QED) is 0.646. The SMILES string of the molecule is COc1ccc(C(=O)NC(C(=O)NNC(=O)c2ccc(Cl)cc2)C(C)C)cc1. The van der Waals surface area contributed by atoms with E-state index in [4.69, 9.17) is 16.3 Å². The third kappa shape index (κ3) is 5.72. The molecule has 0 radical (unpaired) electrons. The molecule has 0 saturated heterocycles. The monoisotopic (exact) mass is 403 g/mol. The molecule has 0 saturated carbocycles. The number of hydrazine groups is 1. The Morgan fingerprint density at radius 3 is 1.93 bits per heavy atom. The number of amides is 3. The Bertz CT molecular complexity index is 836. The molecule has 3 N–H and O–H groups in total. The summed E-state index contributed by atoms with van der Waals surface area (Å²) in [6.07, 6.45) is 0. The van der Waals surface area contributed by atoms with Gasteiger partial charge >= 0.3 is 0 Å². The number of nitrogens with one attached hydrogen (secondary N) is 3. The zero-order chi connectivity index (χ0) is 20.7. The third-order valence-electron chi connectivity index (χ3n) is 3.99. The lowest BCUT2D eigenvalue weighted by Crippen LogP contribution is -2.54. The molecule has 28 heavy (non-hydrogen) atoms. The number of methoxy groups -OCH3 is 1. The molecule has 7 nitrogen and oxygen atoms in total. The average Bonchev–Trinajstić information content (AvgIpc) is 2.70. The molecule has 0 aliphatic heterocycles. The number of rotatable bonds is 6. The van der Waals surface area contributed by atoms with Gasteiger partial charge in [-0.05, 0) is 54.4 Å². The summed E-state index contributed by atoms with van der Waals surface area (Å²) in [6.45, 7) is 3.58. The summed E-state index contributed by atoms with van der Waals surface area (Å²) in [5, 5.41) is 3.18. The number of hydrogen-bond donors (Lipinski definition) is 3. The van der Waals surface area contributed by atoms with E-state index in [0.29, 0.717) is 21.9 Å². The van der Waals surface area contributed by atoms with Gasteiger partial charge in [-0.15, -0.1) is 0 Å². The zero-order valence-electron chi connectivity index (χ0n) is 15.8. The summed E-state index contributed by atoms with van der Waals surface area (Å²) < 4.78 is 5.06. The van der Waals surface area contributed by atoms with Crippen molar-refractivity contribution in [2.24, 2.45) is 5.92 Å². The van der Waals surface area contributed by atoms with E-state index >= 15 is 0 Å². The first-order valence-electron chi connectivity index (χ1n) is 8.62. The summed E-state index contributed by atoms with van der Waals surface area (Å²) in [6, 6.07) is 11.9. The van der Waals surface area contributed by atoms with Crippen LogP contribution < -0.4 is 20.9 Å². The van der Waals surface area contributed by atoms with Crippen LogP contribution in [0.25, 0.3) is 0 Å². The van der Waals surface area contributed by atoms with Gasteiger partial charge in [-0.1, -0.05) is 25.4 Å². The van der Waals surface area contributed by atoms with Crippen molar-refractivity contribution in [2.45, 2.75) is 19.9 Å². The predicted molar refractivity (Wildman–Crippen MR) is 106 cm³/mol. The van der Waals surface area contributed by atoms with Gasteiger partial charge in [0.15, 0.2) is 0 Å². The first kappa shape index (κ1) is 21.2. The highest BCUT2D eigenvalue weighted by Gasteiger charge is 2.25. The fraction of sp³-hybridized carbons (Fsp3) is 0.250. The highest BCUT2D eigenvalue weighted by Crippen LogP contribution is 2.12. The van der Waals surface area contributed by atoms with E-state index in [-0.39, 0.29) is 5.92 Å². The molecule has 0 spiro atoms. The fourth-order valence-corrected chi connectivity index (χ4v) is 2.50. The van der Waals surface area contributed by atoms with Crippen LogP contribution in [0.3, 0.4) is 0 Å². The molecule has 2 rings (SSSR count). The Hall–Kier alpha value is -3.06. The van der Waals surface area contributed by atoms with Crippen molar-refractivity contribution in [3.05, 3.63) is 64.7 Å². The van der Waals surface area contributed by atoms with E-state index in [1.807, 2.05) is 0 Å². The number of benzene rings is 2. The second-order valence-electron chi connectivity index (χ2n) is 6.37. The van der Waals surface area contributed by atoms with Crippen LogP contribution in [0.5, 0.6) is 5.75 Å². The molecule has 1 atom stereocenters. The Balaban J connectivity index is 1.97. The predicted octanol–water partition coefficient (Wildman–Crippen LogP) is 2.56. The van der Waals surface area contributed by atoms with Crippen molar-refractivity contribution in [3.8, 4) is 5.75 Å². The molecule has 2 aromatic carbocycles. The van der Waals surface area contributed by atoms with Crippen molar-refractivity contribution in [1.29, 1.82) is 0 Å². The van der Waals surface area contributed by atoms with Crippen LogP contribution in [0.2, 0.25) is 5.02 Å². The second kappa shape index (κ2) is 9.75. The highest BCUT2D eigenvalue weighted by atomic mass is 35.5. The van der Waals surface area contributed by atoms with Crippen LogP contribution in [0.1, 0.15) is 34.6 Å². The van der Waals surface area contributed by atoms with Crippen LogP contribution in [-0.2, 0) is 4.79 Å². The average molecular weight is 404 g/mol. The summed E-state index contributed by atoms with van der Waals surface area (Å²) in [5.41, 5.74) is 5.41. The van der Waals surface area contributed by atoms with E-state index < -0.39 is 23.8 Å². The Kier molecular flexibility index (Phi) is 7.40. The minimum absolute atomic E-state index is 0.199. The summed E-state index contributed by atoms with van der Waals surface area (Å²) in [5.74, 6) is -0.997. The normalized spacial score (nSPS) is 11.5. The number of ether oxygens (including phenoxy) is 1. The van der Waals surface area contributed by atoms with Crippen molar-refractivity contribution in [2.75, 3.05) is 7.11 Å². The van der Waals surface area contributed by atoms with E-state index in [1.54, 1.807) is 50.2 Å². The van der Waals surface area contributed by atoms with Crippen molar-refractivity contribution < 1.29 is 19.1 Å². The molecular formula is C20H22ClN3O4. The van der Waals surface area contributed by atoms with Gasteiger partial charge in [-0.25, -0.2) is 0 Å². The molecule has 2 aromatic rings. The first-order chi connectivity index (χ1) is 13.3. The van der Waals surface area contributed by atoms with E-state index in [2.05, 4.69) is 16.2 Å². The Labute approximate surface area is 168 Å². The minimum atomic E-state index is -0.833. The molecule has 0 fully saturated rings. The van der Waals surface area contributed by atoms with Crippen LogP contribution in [0, 0.1) is 5.92 Å². The molecule has 3 amide bonds. The lowest BCUT2D eigenvalue weighted by Gasteiger charge is -2.22. The van der Waals surface area contributed by atoms with E-state index in [9.17, 15) is 14.4 Å². The number of hydrogen-bond acceptors (Lipinski definition) is 4. The molecule has 0 aliphatic rings. The van der Waals surface area contributed by atoms with Crippen molar-refractivity contribution in [1.82, 2.24) is 16.2 Å². The third-order valence-corrected chi connectivity index (χ3v) is 4.25. The molecule has 8 heteroatoms. The molecule has 0 aliphatic carbocycles. The van der Waals surface area contributed by atoms with E-state index in [1.165, 1.54) is 19.2 Å². The largest absolute Gasteiger partial charge is 0.497 e. The maximum Gasteiger partial charge on any atom is 0.269 e. The van der Waals surface area contributed by atoms with Gasteiger partial charge in [0.25, 0.3) is 17.7 Å². The van der Waals surface area contributed by atoms with Gasteiger partial charge in [0.1, 0.15) is 11.8 Å². The molecule has 0 bridgehead atoms. The molecule has 0 heterocycles. The highest BCUT2D eigenvalue weighted by molar-refractivity contribution is 6.30. The molecule has 1 unspecified atom stereocenters. The van der Waals surface area contributed by atoms with Gasteiger partial charge in [-0.2, -0.15) is 0 Å². The van der Waals surface area contributed by atoms with Gasteiger partial charge in [-0.3, -0.25) is 25.2 Å². The number of halogens is 1. The second-order valence-corrected chi connectivity index (χ2v) is 6.81. The minimum Gasteiger partial charge on any atom is -0.497 e. The standard InChI is InChI=1S/C20H22ClN3O4/c1-12(2)17(22-18(25)13-6-10-16(28-3)11-7-13)20(27)24-23-19(26)14-4-8-15(21)9-5-14/h4-12,17H,1-3H3,(H,22,25)(H,23,26)(H,24,27). The molecule has 148 valence electrons. The summed E-state index contributed by atoms with van der Waals surface area (Å²) in [4.78, 5) is 37.0. The van der Waals surface area contributed by atoms with Gasteiger partial charge in [0, 0.05) is 16.1 Å². The molecule has 0 aromatic heterocycles. The fourth-order valence-electron chi connectivity index (χ4n) is 2.37. The number of carbonyl (C=O) groups excluding carboxylic acids is 3. The van der Waals surface area contributed by atoms with Crippen LogP contribution in [0.15, 0.2) is 48.5 Å². The van der Waals surface area contributed by atoms with Crippen LogP contribution in [0.4, 0.5) is 0 Å². The van der Waals surface area contributed by atoms with Crippen molar-refractivity contribution in [3.63, 3.8) is 0 Å². The van der Waals surface area contributed by atoms with Crippen LogP contribution >= 0.6 is 11.6 Å². The molecular weight excluding hydrogens is 382 g/mol. The smallest absolute Gasteiger partial charge is 0.269 e. The van der Waals surface area contributed by atoms with Gasteiger partial charge < -0.3 is 10.1 Å². The van der Waals surface area contributed by atoms with E-state index in [0.717, 1.165) is 0 Å².